The smallest absolute Gasteiger partial charge is 0.407 e. The minimum absolute atomic E-state index is 0.198. The van der Waals surface area contributed by atoms with Crippen LogP contribution in [0.25, 0.3) is 0 Å². The van der Waals surface area contributed by atoms with E-state index >= 15 is 0 Å². The first-order valence-corrected chi connectivity index (χ1v) is 3.57. The van der Waals surface area contributed by atoms with Crippen LogP contribution in [0.4, 0.5) is 4.79 Å². The second-order valence-corrected chi connectivity index (χ2v) is 2.48. The van der Waals surface area contributed by atoms with Crippen LogP contribution in [0.1, 0.15) is 0 Å². The molecule has 5 nitrogen and oxygen atoms in total. The van der Waals surface area contributed by atoms with E-state index in [4.69, 9.17) is 14.6 Å². The van der Waals surface area contributed by atoms with E-state index < -0.39 is 6.09 Å². The summed E-state index contributed by atoms with van der Waals surface area (Å²) in [4.78, 5) is 11.5. The molecule has 0 heterocycles. The summed E-state index contributed by atoms with van der Waals surface area (Å²) in [5, 5.41) is 8.52. The van der Waals surface area contributed by atoms with E-state index in [1.807, 2.05) is 0 Å². The van der Waals surface area contributed by atoms with Gasteiger partial charge in [0.05, 0.1) is 19.3 Å². The summed E-state index contributed by atoms with van der Waals surface area (Å²) >= 11 is 0. The van der Waals surface area contributed by atoms with Crippen molar-refractivity contribution >= 4 is 6.09 Å². The van der Waals surface area contributed by atoms with Crippen LogP contribution in [0.5, 0.6) is 0 Å². The third-order valence-corrected chi connectivity index (χ3v) is 1.49. The first-order chi connectivity index (χ1) is 5.61. The molecule has 0 aliphatic rings. The number of rotatable bonds is 5. The zero-order chi connectivity index (χ0) is 9.56. The molecule has 0 radical (unpaired) electrons. The van der Waals surface area contributed by atoms with Gasteiger partial charge in [-0.2, -0.15) is 0 Å². The lowest BCUT2D eigenvalue weighted by Gasteiger charge is -2.19. The highest BCUT2D eigenvalue weighted by atomic mass is 16.5. The molecule has 1 amide bonds. The Morgan fingerprint density at radius 2 is 2.17 bits per heavy atom. The fraction of sp³-hybridized carbons (Fsp3) is 0.857. The molecule has 0 aliphatic heterocycles. The Bertz CT molecular complexity index is 139. The minimum Gasteiger partial charge on any atom is -0.465 e. The van der Waals surface area contributed by atoms with Gasteiger partial charge in [-0.1, -0.05) is 0 Å². The second-order valence-electron chi connectivity index (χ2n) is 2.48. The molecular weight excluding hydrogens is 162 g/mol. The molecule has 1 N–H and O–H groups in total. The molecule has 72 valence electrons. The molecule has 0 aromatic rings. The molecule has 0 rings (SSSR count). The molecule has 12 heavy (non-hydrogen) atoms. The number of ether oxygens (including phenoxy) is 2. The fourth-order valence-corrected chi connectivity index (χ4v) is 0.765. The third kappa shape index (κ3) is 4.15. The van der Waals surface area contributed by atoms with Crippen LogP contribution in [-0.4, -0.2) is 56.6 Å². The summed E-state index contributed by atoms with van der Waals surface area (Å²) in [5.74, 6) is 0. The summed E-state index contributed by atoms with van der Waals surface area (Å²) < 4.78 is 9.81. The highest BCUT2D eigenvalue weighted by Crippen LogP contribution is 1.94. The van der Waals surface area contributed by atoms with Gasteiger partial charge >= 0.3 is 6.09 Å². The van der Waals surface area contributed by atoms with Gasteiger partial charge in [-0.15, -0.1) is 0 Å². The summed E-state index contributed by atoms with van der Waals surface area (Å²) in [6, 6.07) is 0. The van der Waals surface area contributed by atoms with Crippen LogP contribution in [0.3, 0.4) is 0 Å². The topological polar surface area (TPSA) is 59.0 Å². The molecule has 5 heteroatoms. The maximum absolute atomic E-state index is 10.4. The van der Waals surface area contributed by atoms with Crippen LogP contribution in [0.2, 0.25) is 0 Å². The molecule has 0 aromatic carbocycles. The predicted octanol–water partition coefficient (Wildman–Crippen LogP) is 0.258. The van der Waals surface area contributed by atoms with Gasteiger partial charge in [-0.05, 0) is 0 Å². The lowest BCUT2D eigenvalue weighted by molar-refractivity contribution is 0.0121. The molecule has 0 fully saturated rings. The van der Waals surface area contributed by atoms with Gasteiger partial charge in [0.2, 0.25) is 0 Å². The number of carbonyl (C=O) groups is 1. The minimum atomic E-state index is -0.965. The van der Waals surface area contributed by atoms with Crippen LogP contribution >= 0.6 is 0 Å². The average molecular weight is 177 g/mol. The van der Waals surface area contributed by atoms with E-state index in [2.05, 4.69) is 0 Å². The van der Waals surface area contributed by atoms with Gasteiger partial charge in [0.15, 0.2) is 0 Å². The van der Waals surface area contributed by atoms with Crippen molar-refractivity contribution in [3.05, 3.63) is 0 Å². The number of methoxy groups -OCH3 is 2. The number of likely N-dealkylation sites (N-methyl/N-ethyl adjacent to an activating group) is 1. The predicted molar refractivity (Wildman–Crippen MR) is 43.3 cm³/mol. The first kappa shape index (κ1) is 11.2. The van der Waals surface area contributed by atoms with E-state index in [0.717, 1.165) is 4.90 Å². The SMILES string of the molecule is COC[C@H](CN(C)C(=O)O)OC. The van der Waals surface area contributed by atoms with Crippen LogP contribution in [0.15, 0.2) is 0 Å². The van der Waals surface area contributed by atoms with Crippen LogP contribution < -0.4 is 0 Å². The Kier molecular flexibility index (Phi) is 5.40. The van der Waals surface area contributed by atoms with Crippen molar-refractivity contribution in [1.82, 2.24) is 4.90 Å². The molecule has 0 bridgehead atoms. The Hall–Kier alpha value is -0.810. The highest BCUT2D eigenvalue weighted by Gasteiger charge is 2.13. The molecular formula is C7H15NO4. The zero-order valence-electron chi connectivity index (χ0n) is 7.61. The van der Waals surface area contributed by atoms with E-state index in [0.29, 0.717) is 13.2 Å². The quantitative estimate of drug-likeness (QED) is 0.654. The fourth-order valence-electron chi connectivity index (χ4n) is 0.765. The summed E-state index contributed by atoms with van der Waals surface area (Å²) in [5.41, 5.74) is 0. The van der Waals surface area contributed by atoms with Gasteiger partial charge in [-0.3, -0.25) is 0 Å². The first-order valence-electron chi connectivity index (χ1n) is 3.57. The van der Waals surface area contributed by atoms with Crippen molar-refractivity contribution in [2.24, 2.45) is 0 Å². The number of amides is 1. The van der Waals surface area contributed by atoms with Crippen molar-refractivity contribution in [1.29, 1.82) is 0 Å². The summed E-state index contributed by atoms with van der Waals surface area (Å²) in [6.45, 7) is 0.716. The standard InChI is InChI=1S/C7H15NO4/c1-8(7(9)10)4-6(12-3)5-11-2/h6H,4-5H2,1-3H3,(H,9,10)/t6-/m0/s1. The summed E-state index contributed by atoms with van der Waals surface area (Å²) in [7, 11) is 4.57. The maximum atomic E-state index is 10.4. The van der Waals surface area contributed by atoms with Crippen molar-refractivity contribution in [2.75, 3.05) is 34.4 Å². The number of hydrogen-bond donors (Lipinski definition) is 1. The lowest BCUT2D eigenvalue weighted by atomic mass is 10.3. The van der Waals surface area contributed by atoms with E-state index in [9.17, 15) is 4.79 Å². The van der Waals surface area contributed by atoms with Gasteiger partial charge in [0.25, 0.3) is 0 Å². The zero-order valence-corrected chi connectivity index (χ0v) is 7.61. The van der Waals surface area contributed by atoms with Crippen molar-refractivity contribution in [3.8, 4) is 0 Å². The molecule has 0 saturated heterocycles. The number of hydrogen-bond acceptors (Lipinski definition) is 3. The molecule has 0 saturated carbocycles. The summed E-state index contributed by atoms with van der Waals surface area (Å²) in [6.07, 6.45) is -1.16. The highest BCUT2D eigenvalue weighted by molar-refractivity contribution is 5.64. The van der Waals surface area contributed by atoms with Gasteiger partial charge in [-0.25, -0.2) is 4.79 Å². The Balaban J connectivity index is 3.76. The average Bonchev–Trinajstić information content (AvgIpc) is 2.03. The molecule has 0 aliphatic carbocycles. The number of nitrogens with zero attached hydrogens (tertiary/aromatic N) is 1. The van der Waals surface area contributed by atoms with Gasteiger partial charge in [0, 0.05) is 21.3 Å². The molecule has 0 unspecified atom stereocenters. The van der Waals surface area contributed by atoms with E-state index in [1.54, 1.807) is 7.11 Å². The monoisotopic (exact) mass is 177 g/mol. The lowest BCUT2D eigenvalue weighted by Crippen LogP contribution is -2.36. The van der Waals surface area contributed by atoms with Gasteiger partial charge in [0.1, 0.15) is 0 Å². The molecule has 0 aromatic heterocycles. The normalized spacial score (nSPS) is 12.6. The van der Waals surface area contributed by atoms with Crippen LogP contribution in [-0.2, 0) is 9.47 Å². The van der Waals surface area contributed by atoms with Crippen molar-refractivity contribution in [3.63, 3.8) is 0 Å². The van der Waals surface area contributed by atoms with Gasteiger partial charge < -0.3 is 19.5 Å². The Morgan fingerprint density at radius 1 is 1.58 bits per heavy atom. The van der Waals surface area contributed by atoms with Crippen molar-refractivity contribution < 1.29 is 19.4 Å². The Morgan fingerprint density at radius 3 is 2.50 bits per heavy atom. The molecule has 1 atom stereocenters. The van der Waals surface area contributed by atoms with Crippen LogP contribution in [0, 0.1) is 0 Å². The maximum Gasteiger partial charge on any atom is 0.407 e. The Labute approximate surface area is 71.9 Å². The van der Waals surface area contributed by atoms with E-state index in [-0.39, 0.29) is 6.10 Å². The molecule has 0 spiro atoms. The largest absolute Gasteiger partial charge is 0.465 e. The third-order valence-electron chi connectivity index (χ3n) is 1.49. The second kappa shape index (κ2) is 5.79. The van der Waals surface area contributed by atoms with Crippen molar-refractivity contribution in [2.45, 2.75) is 6.10 Å². The number of carboxylic acid groups (broad SMARTS) is 1. The van der Waals surface area contributed by atoms with E-state index in [1.165, 1.54) is 14.2 Å².